The van der Waals surface area contributed by atoms with Gasteiger partial charge in [0.2, 0.25) is 6.79 Å². The molecule has 20 heavy (non-hydrogen) atoms. The van der Waals surface area contributed by atoms with E-state index in [0.717, 1.165) is 41.5 Å². The summed E-state index contributed by atoms with van der Waals surface area (Å²) < 4.78 is 10.7. The van der Waals surface area contributed by atoms with Crippen molar-refractivity contribution in [3.05, 3.63) is 36.7 Å². The lowest BCUT2D eigenvalue weighted by atomic mass is 10.2. The van der Waals surface area contributed by atoms with Gasteiger partial charge < -0.3 is 20.1 Å². The van der Waals surface area contributed by atoms with Crippen LogP contribution in [0.25, 0.3) is 0 Å². The van der Waals surface area contributed by atoms with Crippen LogP contribution in [0.15, 0.2) is 36.7 Å². The van der Waals surface area contributed by atoms with Crippen LogP contribution in [0.5, 0.6) is 11.5 Å². The Labute approximate surface area is 117 Å². The van der Waals surface area contributed by atoms with Crippen LogP contribution in [-0.2, 0) is 0 Å². The maximum absolute atomic E-state index is 5.36. The molecule has 0 spiro atoms. The number of hydrogen-bond acceptors (Lipinski definition) is 5. The topological polar surface area (TPSA) is 55.4 Å². The second kappa shape index (κ2) is 5.69. The third-order valence-electron chi connectivity index (χ3n) is 2.98. The Bertz CT molecular complexity index is 601. The molecule has 1 aromatic heterocycles. The van der Waals surface area contributed by atoms with Crippen molar-refractivity contribution in [1.82, 2.24) is 4.98 Å². The van der Waals surface area contributed by atoms with E-state index in [4.69, 9.17) is 9.47 Å². The third-order valence-corrected chi connectivity index (χ3v) is 2.98. The Morgan fingerprint density at radius 2 is 1.90 bits per heavy atom. The zero-order valence-electron chi connectivity index (χ0n) is 11.3. The second-order valence-corrected chi connectivity index (χ2v) is 4.58. The molecule has 0 bridgehead atoms. The fourth-order valence-corrected chi connectivity index (χ4v) is 2.02. The van der Waals surface area contributed by atoms with Crippen molar-refractivity contribution in [2.75, 3.05) is 24.0 Å². The molecule has 3 rings (SSSR count). The molecule has 0 unspecified atom stereocenters. The van der Waals surface area contributed by atoms with E-state index in [1.165, 1.54) is 0 Å². The van der Waals surface area contributed by atoms with Gasteiger partial charge >= 0.3 is 0 Å². The van der Waals surface area contributed by atoms with Gasteiger partial charge in [-0.25, -0.2) is 0 Å². The zero-order chi connectivity index (χ0) is 13.8. The molecule has 1 aliphatic heterocycles. The Kier molecular flexibility index (Phi) is 3.58. The Morgan fingerprint density at radius 1 is 1.05 bits per heavy atom. The standard InChI is InChI=1S/C15H17N3O2/c1-2-5-17-12-6-13(9-16-8-12)18-11-3-4-14-15(7-11)20-10-19-14/h3-4,6-9,17-18H,2,5,10H2,1H3. The Hall–Kier alpha value is -2.43. The molecule has 2 heterocycles. The van der Waals surface area contributed by atoms with Crippen molar-refractivity contribution in [3.8, 4) is 11.5 Å². The highest BCUT2D eigenvalue weighted by atomic mass is 16.7. The molecule has 0 atom stereocenters. The van der Waals surface area contributed by atoms with Crippen molar-refractivity contribution in [2.24, 2.45) is 0 Å². The molecule has 1 aliphatic rings. The predicted octanol–water partition coefficient (Wildman–Crippen LogP) is 3.38. The van der Waals surface area contributed by atoms with Crippen LogP contribution in [0.2, 0.25) is 0 Å². The number of pyridine rings is 1. The maximum Gasteiger partial charge on any atom is 0.231 e. The first-order chi connectivity index (χ1) is 9.85. The Morgan fingerprint density at radius 3 is 2.80 bits per heavy atom. The number of nitrogens with one attached hydrogen (secondary N) is 2. The van der Waals surface area contributed by atoms with Crippen LogP contribution in [-0.4, -0.2) is 18.3 Å². The van der Waals surface area contributed by atoms with E-state index in [0.29, 0.717) is 0 Å². The Balaban J connectivity index is 1.74. The average molecular weight is 271 g/mol. The number of rotatable bonds is 5. The average Bonchev–Trinajstić information content (AvgIpc) is 2.93. The molecule has 0 saturated carbocycles. The quantitative estimate of drug-likeness (QED) is 0.873. The number of nitrogens with zero attached hydrogens (tertiary/aromatic N) is 1. The molecule has 5 nitrogen and oxygen atoms in total. The molecule has 1 aromatic carbocycles. The summed E-state index contributed by atoms with van der Waals surface area (Å²) in [6.07, 6.45) is 4.70. The van der Waals surface area contributed by atoms with Crippen molar-refractivity contribution in [1.29, 1.82) is 0 Å². The molecule has 0 saturated heterocycles. The van der Waals surface area contributed by atoms with E-state index in [-0.39, 0.29) is 6.79 Å². The zero-order valence-corrected chi connectivity index (χ0v) is 11.3. The van der Waals surface area contributed by atoms with E-state index < -0.39 is 0 Å². The smallest absolute Gasteiger partial charge is 0.231 e. The summed E-state index contributed by atoms with van der Waals surface area (Å²) in [5, 5.41) is 6.63. The van der Waals surface area contributed by atoms with E-state index >= 15 is 0 Å². The van der Waals surface area contributed by atoms with Crippen LogP contribution in [0, 0.1) is 0 Å². The molecule has 104 valence electrons. The molecule has 2 aromatic rings. The van der Waals surface area contributed by atoms with Gasteiger partial charge in [-0.3, -0.25) is 4.98 Å². The lowest BCUT2D eigenvalue weighted by Gasteiger charge is -2.09. The second-order valence-electron chi connectivity index (χ2n) is 4.58. The number of ether oxygens (including phenoxy) is 2. The number of fused-ring (bicyclic) bond motifs is 1. The van der Waals surface area contributed by atoms with E-state index in [2.05, 4.69) is 22.5 Å². The first kappa shape index (κ1) is 12.6. The van der Waals surface area contributed by atoms with Gasteiger partial charge in [0.05, 0.1) is 23.8 Å². The fourth-order valence-electron chi connectivity index (χ4n) is 2.02. The van der Waals surface area contributed by atoms with E-state index in [1.807, 2.05) is 30.5 Å². The highest BCUT2D eigenvalue weighted by molar-refractivity contribution is 5.66. The minimum absolute atomic E-state index is 0.288. The molecule has 0 amide bonds. The van der Waals surface area contributed by atoms with E-state index in [9.17, 15) is 0 Å². The van der Waals surface area contributed by atoms with Gasteiger partial charge in [-0.1, -0.05) is 6.92 Å². The predicted molar refractivity (Wildman–Crippen MR) is 78.9 cm³/mol. The summed E-state index contributed by atoms with van der Waals surface area (Å²) in [5.41, 5.74) is 2.89. The molecular weight excluding hydrogens is 254 g/mol. The van der Waals surface area contributed by atoms with Crippen molar-refractivity contribution in [2.45, 2.75) is 13.3 Å². The summed E-state index contributed by atoms with van der Waals surface area (Å²) >= 11 is 0. The van der Waals surface area contributed by atoms with Gasteiger partial charge in [0, 0.05) is 18.3 Å². The summed E-state index contributed by atoms with van der Waals surface area (Å²) in [6, 6.07) is 7.82. The van der Waals surface area contributed by atoms with Crippen molar-refractivity contribution in [3.63, 3.8) is 0 Å². The van der Waals surface area contributed by atoms with Crippen LogP contribution < -0.4 is 20.1 Å². The lowest BCUT2D eigenvalue weighted by molar-refractivity contribution is 0.174. The molecular formula is C15H17N3O2. The highest BCUT2D eigenvalue weighted by Gasteiger charge is 2.13. The fraction of sp³-hybridized carbons (Fsp3) is 0.267. The first-order valence-electron chi connectivity index (χ1n) is 6.71. The normalized spacial score (nSPS) is 12.2. The summed E-state index contributed by atoms with van der Waals surface area (Å²) in [6.45, 7) is 3.36. The minimum Gasteiger partial charge on any atom is -0.454 e. The molecule has 0 aliphatic carbocycles. The SMILES string of the molecule is CCCNc1cncc(Nc2ccc3c(c2)OCO3)c1. The number of hydrogen-bond donors (Lipinski definition) is 2. The monoisotopic (exact) mass is 271 g/mol. The lowest BCUT2D eigenvalue weighted by Crippen LogP contribution is -2.01. The van der Waals surface area contributed by atoms with Crippen molar-refractivity contribution < 1.29 is 9.47 Å². The van der Waals surface area contributed by atoms with Crippen LogP contribution in [0.1, 0.15) is 13.3 Å². The first-order valence-corrected chi connectivity index (χ1v) is 6.71. The van der Waals surface area contributed by atoms with Gasteiger partial charge in [0.1, 0.15) is 0 Å². The van der Waals surface area contributed by atoms with Crippen LogP contribution >= 0.6 is 0 Å². The van der Waals surface area contributed by atoms with Crippen LogP contribution in [0.3, 0.4) is 0 Å². The molecule has 2 N–H and O–H groups in total. The maximum atomic E-state index is 5.36. The number of aromatic nitrogens is 1. The minimum atomic E-state index is 0.288. The molecule has 5 heteroatoms. The largest absolute Gasteiger partial charge is 0.454 e. The van der Waals surface area contributed by atoms with Gasteiger partial charge in [0.25, 0.3) is 0 Å². The van der Waals surface area contributed by atoms with Gasteiger partial charge in [-0.05, 0) is 24.6 Å². The van der Waals surface area contributed by atoms with E-state index in [1.54, 1.807) is 6.20 Å². The van der Waals surface area contributed by atoms with Crippen molar-refractivity contribution >= 4 is 17.1 Å². The highest BCUT2D eigenvalue weighted by Crippen LogP contribution is 2.35. The summed E-state index contributed by atoms with van der Waals surface area (Å²) in [7, 11) is 0. The van der Waals surface area contributed by atoms with Crippen LogP contribution in [0.4, 0.5) is 17.1 Å². The summed E-state index contributed by atoms with van der Waals surface area (Å²) in [4.78, 5) is 4.23. The molecule has 0 radical (unpaired) electrons. The summed E-state index contributed by atoms with van der Waals surface area (Å²) in [5.74, 6) is 1.55. The van der Waals surface area contributed by atoms with Gasteiger partial charge in [-0.2, -0.15) is 0 Å². The van der Waals surface area contributed by atoms with Gasteiger partial charge in [-0.15, -0.1) is 0 Å². The molecule has 0 fully saturated rings. The number of anilines is 3. The number of benzene rings is 1. The van der Waals surface area contributed by atoms with Gasteiger partial charge in [0.15, 0.2) is 11.5 Å². The third kappa shape index (κ3) is 2.77.